The van der Waals surface area contributed by atoms with E-state index in [1.807, 2.05) is 6.92 Å². The molecule has 3 N–H and O–H groups in total. The highest BCUT2D eigenvalue weighted by Crippen LogP contribution is 2.58. The van der Waals surface area contributed by atoms with Crippen LogP contribution in [0.1, 0.15) is 68.2 Å². The highest BCUT2D eigenvalue weighted by atomic mass is 16.6. The van der Waals surface area contributed by atoms with Gasteiger partial charge in [-0.05, 0) is 23.2 Å². The van der Waals surface area contributed by atoms with Crippen molar-refractivity contribution in [1.82, 2.24) is 0 Å². The molecule has 0 aliphatic carbocycles. The number of carbonyl (C=O) groups is 4. The van der Waals surface area contributed by atoms with Crippen molar-refractivity contribution in [2.45, 2.75) is 68.2 Å². The van der Waals surface area contributed by atoms with Crippen LogP contribution in [-0.4, -0.2) is 72.7 Å². The second-order valence-electron chi connectivity index (χ2n) is 11.8. The molecular formula is C29H50O10. The van der Waals surface area contributed by atoms with E-state index < -0.39 is 69.7 Å². The molecule has 10 heteroatoms. The van der Waals surface area contributed by atoms with Crippen molar-refractivity contribution in [2.75, 3.05) is 33.5 Å². The lowest BCUT2D eigenvalue weighted by atomic mass is 9.47. The Morgan fingerprint density at radius 3 is 1.77 bits per heavy atom. The molecule has 0 radical (unpaired) electrons. The zero-order valence-corrected chi connectivity index (χ0v) is 25.1. The number of carboxylic acids is 3. The summed E-state index contributed by atoms with van der Waals surface area (Å²) in [6.45, 7) is 17.2. The van der Waals surface area contributed by atoms with Crippen molar-refractivity contribution in [3.8, 4) is 0 Å². The molecule has 6 unspecified atom stereocenters. The maximum absolute atomic E-state index is 13.4. The number of hydrogen-bond donors (Lipinski definition) is 3. The van der Waals surface area contributed by atoms with Crippen molar-refractivity contribution < 1.29 is 48.7 Å². The molecule has 0 saturated carbocycles. The molecule has 0 aromatic heterocycles. The number of ether oxygens (including phenoxy) is 3. The predicted molar refractivity (Wildman–Crippen MR) is 146 cm³/mol. The molecule has 0 aliphatic heterocycles. The molecule has 0 amide bonds. The number of carboxylic acid groups (broad SMARTS) is 3. The number of esters is 1. The smallest absolute Gasteiger partial charge is 0.310 e. The van der Waals surface area contributed by atoms with Crippen molar-refractivity contribution in [1.29, 1.82) is 0 Å². The van der Waals surface area contributed by atoms with Crippen molar-refractivity contribution in [3.05, 3.63) is 12.7 Å². The standard InChI is InChI=1S/C29H50O10/c1-11-14-38-15-16-39-26(36)19(18(4)12-2)20(23(30)31)29(9,13-3)28(7,8)22(25(34)35)21(24(32)33)27(5,6)17-37-10/h11,18-22H,1,12-17H2,2-10H3,(H,30,31)(H,32,33)(H,34,35). The number of rotatable bonds is 20. The molecule has 6 atom stereocenters. The summed E-state index contributed by atoms with van der Waals surface area (Å²) in [6.07, 6.45) is 2.19. The Morgan fingerprint density at radius 1 is 0.872 bits per heavy atom. The second kappa shape index (κ2) is 15.4. The molecule has 10 nitrogen and oxygen atoms in total. The van der Waals surface area contributed by atoms with Gasteiger partial charge in [0.15, 0.2) is 0 Å². The number of aliphatic carboxylic acids is 3. The summed E-state index contributed by atoms with van der Waals surface area (Å²) in [5.41, 5.74) is -3.86. The zero-order chi connectivity index (χ0) is 30.8. The summed E-state index contributed by atoms with van der Waals surface area (Å²) >= 11 is 0. The van der Waals surface area contributed by atoms with E-state index in [1.165, 1.54) is 7.11 Å². The Morgan fingerprint density at radius 2 is 1.38 bits per heavy atom. The molecule has 0 saturated heterocycles. The van der Waals surface area contributed by atoms with Crippen LogP contribution < -0.4 is 0 Å². The summed E-state index contributed by atoms with van der Waals surface area (Å²) in [4.78, 5) is 51.9. The highest BCUT2D eigenvalue weighted by Gasteiger charge is 2.62. The van der Waals surface area contributed by atoms with Gasteiger partial charge in [-0.2, -0.15) is 0 Å². The first kappa shape index (κ1) is 36.5. The van der Waals surface area contributed by atoms with Gasteiger partial charge in [-0.15, -0.1) is 6.58 Å². The van der Waals surface area contributed by atoms with Crippen LogP contribution >= 0.6 is 0 Å². The fourth-order valence-corrected chi connectivity index (χ4v) is 5.93. The van der Waals surface area contributed by atoms with Crippen molar-refractivity contribution >= 4 is 23.9 Å². The number of methoxy groups -OCH3 is 1. The van der Waals surface area contributed by atoms with Gasteiger partial charge in [-0.1, -0.05) is 67.9 Å². The number of hydrogen-bond acceptors (Lipinski definition) is 7. The van der Waals surface area contributed by atoms with E-state index in [9.17, 15) is 34.5 Å². The fraction of sp³-hybridized carbons (Fsp3) is 0.793. The average Bonchev–Trinajstić information content (AvgIpc) is 2.83. The third-order valence-electron chi connectivity index (χ3n) is 8.76. The molecule has 0 fully saturated rings. The minimum atomic E-state index is -1.51. The van der Waals surface area contributed by atoms with E-state index >= 15 is 0 Å². The minimum Gasteiger partial charge on any atom is -0.481 e. The Bertz CT molecular complexity index is 849. The van der Waals surface area contributed by atoms with Gasteiger partial charge in [-0.25, -0.2) is 0 Å². The Hall–Kier alpha value is -2.46. The van der Waals surface area contributed by atoms with Gasteiger partial charge in [0.05, 0.1) is 43.5 Å². The van der Waals surface area contributed by atoms with Crippen LogP contribution in [0.2, 0.25) is 0 Å². The Balaban J connectivity index is 7.00. The van der Waals surface area contributed by atoms with E-state index in [2.05, 4.69) is 6.58 Å². The maximum Gasteiger partial charge on any atom is 0.310 e. The lowest BCUT2D eigenvalue weighted by Crippen LogP contribution is -2.58. The quantitative estimate of drug-likeness (QED) is 0.109. The molecule has 39 heavy (non-hydrogen) atoms. The fourth-order valence-electron chi connectivity index (χ4n) is 5.93. The normalized spacial score (nSPS) is 17.7. The van der Waals surface area contributed by atoms with E-state index in [0.717, 1.165) is 0 Å². The van der Waals surface area contributed by atoms with Crippen LogP contribution in [0.3, 0.4) is 0 Å². The first-order valence-corrected chi connectivity index (χ1v) is 13.4. The largest absolute Gasteiger partial charge is 0.481 e. The van der Waals surface area contributed by atoms with Gasteiger partial charge in [0.25, 0.3) is 0 Å². The van der Waals surface area contributed by atoms with Crippen LogP contribution in [0.25, 0.3) is 0 Å². The second-order valence-corrected chi connectivity index (χ2v) is 11.8. The summed E-state index contributed by atoms with van der Waals surface area (Å²) in [5, 5.41) is 31.3. The van der Waals surface area contributed by atoms with Crippen LogP contribution in [-0.2, 0) is 33.4 Å². The third kappa shape index (κ3) is 8.51. The van der Waals surface area contributed by atoms with E-state index in [4.69, 9.17) is 14.2 Å². The topological polar surface area (TPSA) is 157 Å². The Kier molecular flexibility index (Phi) is 14.4. The third-order valence-corrected chi connectivity index (χ3v) is 8.76. The van der Waals surface area contributed by atoms with Crippen LogP contribution in [0.15, 0.2) is 12.7 Å². The van der Waals surface area contributed by atoms with Crippen LogP contribution in [0, 0.1) is 45.8 Å². The van der Waals surface area contributed by atoms with E-state index in [1.54, 1.807) is 54.5 Å². The van der Waals surface area contributed by atoms with Gasteiger partial charge in [0, 0.05) is 12.5 Å². The number of carbonyl (C=O) groups excluding carboxylic acids is 1. The van der Waals surface area contributed by atoms with Crippen LogP contribution in [0.5, 0.6) is 0 Å². The van der Waals surface area contributed by atoms with Crippen molar-refractivity contribution in [2.24, 2.45) is 45.8 Å². The first-order valence-electron chi connectivity index (χ1n) is 13.4. The lowest BCUT2D eigenvalue weighted by molar-refractivity contribution is -0.187. The van der Waals surface area contributed by atoms with Crippen LogP contribution in [0.4, 0.5) is 0 Å². The lowest BCUT2D eigenvalue weighted by Gasteiger charge is -2.54. The first-order chi connectivity index (χ1) is 17.9. The predicted octanol–water partition coefficient (Wildman–Crippen LogP) is 4.61. The Labute approximate surface area is 233 Å². The summed E-state index contributed by atoms with van der Waals surface area (Å²) in [6, 6.07) is 0. The monoisotopic (exact) mass is 558 g/mol. The molecule has 0 spiro atoms. The zero-order valence-electron chi connectivity index (χ0n) is 25.1. The molecule has 0 heterocycles. The minimum absolute atomic E-state index is 0.0230. The molecule has 0 bridgehead atoms. The molecule has 0 aliphatic rings. The van der Waals surface area contributed by atoms with Crippen molar-refractivity contribution in [3.63, 3.8) is 0 Å². The molecule has 226 valence electrons. The molecule has 0 aromatic carbocycles. The molecule has 0 aromatic rings. The summed E-state index contributed by atoms with van der Waals surface area (Å²) < 4.78 is 15.9. The summed E-state index contributed by atoms with van der Waals surface area (Å²) in [5.74, 6) is -10.5. The van der Waals surface area contributed by atoms with Gasteiger partial charge >= 0.3 is 23.9 Å². The van der Waals surface area contributed by atoms with Gasteiger partial charge in [-0.3, -0.25) is 19.2 Å². The molecular weight excluding hydrogens is 508 g/mol. The van der Waals surface area contributed by atoms with Gasteiger partial charge < -0.3 is 29.5 Å². The molecule has 0 rings (SSSR count). The maximum atomic E-state index is 13.4. The SMILES string of the molecule is C=CCOCCOC(=O)C(C(C)CC)C(C(=O)O)C(C)(CC)C(C)(C)C(C(=O)O)C(C(=O)O)C(C)(C)COC. The highest BCUT2D eigenvalue weighted by molar-refractivity contribution is 5.84. The average molecular weight is 559 g/mol. The summed E-state index contributed by atoms with van der Waals surface area (Å²) in [7, 11) is 1.41. The van der Waals surface area contributed by atoms with E-state index in [-0.39, 0.29) is 32.8 Å². The van der Waals surface area contributed by atoms with E-state index in [0.29, 0.717) is 6.42 Å². The van der Waals surface area contributed by atoms with Gasteiger partial charge in [0.1, 0.15) is 6.61 Å². The van der Waals surface area contributed by atoms with Gasteiger partial charge in [0.2, 0.25) is 0 Å².